The van der Waals surface area contributed by atoms with Gasteiger partial charge in [-0.15, -0.1) is 0 Å². The van der Waals surface area contributed by atoms with Crippen LogP contribution in [0.4, 0.5) is 17.1 Å². The van der Waals surface area contributed by atoms with E-state index in [1.807, 2.05) is 48.7 Å². The Kier molecular flexibility index (Phi) is 8.08. The molecule has 6 heterocycles. The zero-order chi connectivity index (χ0) is 45.2. The fraction of sp³-hybridized carbons (Fsp3) is 0.0164. The van der Waals surface area contributed by atoms with Gasteiger partial charge in [-0.1, -0.05) is 151 Å². The second-order valence-electron chi connectivity index (χ2n) is 17.7. The fourth-order valence-corrected chi connectivity index (χ4v) is 12.4. The molecule has 7 nitrogen and oxygen atoms in total. The van der Waals surface area contributed by atoms with Gasteiger partial charge in [0.15, 0.2) is 5.82 Å². The van der Waals surface area contributed by atoms with Gasteiger partial charge in [0.2, 0.25) is 0 Å². The summed E-state index contributed by atoms with van der Waals surface area (Å²) >= 11 is 1.76. The Labute approximate surface area is 401 Å². The molecule has 12 aromatic rings. The molecule has 1 atom stereocenters. The number of para-hydroxylation sites is 5. The van der Waals surface area contributed by atoms with Gasteiger partial charge in [0.1, 0.15) is 17.2 Å². The highest BCUT2D eigenvalue weighted by Crippen LogP contribution is 2.65. The smallest absolute Gasteiger partial charge is 0.179 e. The number of pyridine rings is 2. The Bertz CT molecular complexity index is 4080. The van der Waals surface area contributed by atoms with Crippen LogP contribution in [-0.4, -0.2) is 24.5 Å². The van der Waals surface area contributed by atoms with E-state index in [-0.39, 0.29) is 0 Å². The summed E-state index contributed by atoms with van der Waals surface area (Å²) < 4.78 is 9.63. The molecule has 3 aliphatic rings. The molecule has 0 amide bonds. The van der Waals surface area contributed by atoms with Gasteiger partial charge in [-0.2, -0.15) is 0 Å². The molecule has 8 heteroatoms. The van der Waals surface area contributed by atoms with Crippen molar-refractivity contribution in [1.82, 2.24) is 24.5 Å². The van der Waals surface area contributed by atoms with Gasteiger partial charge >= 0.3 is 0 Å². The fourth-order valence-electron chi connectivity index (χ4n) is 11.3. The number of hydrogen-bond acceptors (Lipinski definition) is 7. The highest BCUT2D eigenvalue weighted by molar-refractivity contribution is 7.99. The van der Waals surface area contributed by atoms with Crippen molar-refractivity contribution in [1.29, 1.82) is 0 Å². The van der Waals surface area contributed by atoms with E-state index in [0.29, 0.717) is 11.5 Å². The van der Waals surface area contributed by atoms with E-state index in [1.165, 1.54) is 21.8 Å². The maximum Gasteiger partial charge on any atom is 0.179 e. The molecule has 0 radical (unpaired) electrons. The molecule has 4 aromatic heterocycles. The summed E-state index contributed by atoms with van der Waals surface area (Å²) in [6.07, 6.45) is 1.87. The van der Waals surface area contributed by atoms with Crippen molar-refractivity contribution in [2.45, 2.75) is 15.2 Å². The molecule has 1 unspecified atom stereocenters. The lowest BCUT2D eigenvalue weighted by Crippen LogP contribution is -2.33. The highest BCUT2D eigenvalue weighted by atomic mass is 32.2. The maximum absolute atomic E-state index is 7.25. The van der Waals surface area contributed by atoms with Gasteiger partial charge in [0.05, 0.1) is 55.3 Å². The minimum atomic E-state index is -0.790. The summed E-state index contributed by atoms with van der Waals surface area (Å²) in [5, 5.41) is 3.46. The normalized spacial score (nSPS) is 15.0. The van der Waals surface area contributed by atoms with E-state index >= 15 is 0 Å². The predicted molar refractivity (Wildman–Crippen MR) is 277 cm³/mol. The van der Waals surface area contributed by atoms with Gasteiger partial charge in [0.25, 0.3) is 0 Å². The Balaban J connectivity index is 0.934. The Morgan fingerprint density at radius 3 is 2.03 bits per heavy atom. The first-order valence-electron chi connectivity index (χ1n) is 23.1. The third kappa shape index (κ3) is 5.40. The Morgan fingerprint density at radius 1 is 0.464 bits per heavy atom. The van der Waals surface area contributed by atoms with Crippen molar-refractivity contribution < 1.29 is 4.74 Å². The van der Waals surface area contributed by atoms with Crippen LogP contribution in [0.5, 0.6) is 11.5 Å². The van der Waals surface area contributed by atoms with Crippen molar-refractivity contribution in [3.63, 3.8) is 0 Å². The van der Waals surface area contributed by atoms with E-state index in [2.05, 4.69) is 179 Å². The van der Waals surface area contributed by atoms with E-state index < -0.39 is 5.41 Å². The summed E-state index contributed by atoms with van der Waals surface area (Å²) in [4.78, 5) is 25.5. The van der Waals surface area contributed by atoms with E-state index in [9.17, 15) is 0 Å². The molecule has 0 bridgehead atoms. The molecule has 15 rings (SSSR count). The van der Waals surface area contributed by atoms with E-state index in [0.717, 1.165) is 99.8 Å². The molecular formula is C61H36N6OS. The quantitative estimate of drug-likeness (QED) is 0.174. The molecular weight excluding hydrogens is 865 g/mol. The number of anilines is 3. The molecule has 0 saturated carbocycles. The number of hydrogen-bond donors (Lipinski definition) is 0. The lowest BCUT2D eigenvalue weighted by molar-refractivity contribution is 0.426. The zero-order valence-corrected chi connectivity index (χ0v) is 37.6. The average molecular weight is 901 g/mol. The molecule has 0 N–H and O–H groups in total. The molecule has 322 valence electrons. The second-order valence-corrected chi connectivity index (χ2v) is 18.8. The van der Waals surface area contributed by atoms with Crippen LogP contribution >= 0.6 is 11.8 Å². The molecule has 0 saturated heterocycles. The van der Waals surface area contributed by atoms with E-state index in [1.54, 1.807) is 11.8 Å². The van der Waals surface area contributed by atoms with Crippen LogP contribution in [0, 0.1) is 0 Å². The van der Waals surface area contributed by atoms with Crippen LogP contribution in [-0.2, 0) is 5.41 Å². The van der Waals surface area contributed by atoms with Crippen LogP contribution in [0.3, 0.4) is 0 Å². The van der Waals surface area contributed by atoms with Crippen molar-refractivity contribution >= 4 is 61.5 Å². The van der Waals surface area contributed by atoms with Gasteiger partial charge in [-0.25, -0.2) is 15.0 Å². The molecule has 0 fully saturated rings. The summed E-state index contributed by atoms with van der Waals surface area (Å²) in [5.41, 5.74) is 15.1. The lowest BCUT2D eigenvalue weighted by atomic mass is 9.66. The van der Waals surface area contributed by atoms with Crippen LogP contribution in [0.1, 0.15) is 22.3 Å². The summed E-state index contributed by atoms with van der Waals surface area (Å²) in [6.45, 7) is 0. The average Bonchev–Trinajstić information content (AvgIpc) is 3.91. The first kappa shape index (κ1) is 38.3. The number of benzene rings is 8. The second kappa shape index (κ2) is 14.6. The molecule has 1 aliphatic carbocycles. The Morgan fingerprint density at radius 2 is 1.16 bits per heavy atom. The number of rotatable bonds is 4. The number of ether oxygens (including phenoxy) is 1. The van der Waals surface area contributed by atoms with Gasteiger partial charge in [0, 0.05) is 55.3 Å². The largest absolute Gasteiger partial charge is 0.455 e. The standard InChI is InChI=1S/C61H36N6OS/c1-2-16-37(17-3-1)55-42-22-4-8-25-47(42)64-60(65-55)48-33-31-45-57(63-48)56-44(24-15-35-62-56)61(45)43-23-7-12-29-53(43)68-58-46(61)32-34-52-59(58)69-54-30-13-11-28-51(54)67(52)39-19-14-18-38(36-39)66-49-26-9-5-20-40(49)41-21-6-10-27-50(41)66/h1-36H. The van der Waals surface area contributed by atoms with Crippen molar-refractivity contribution in [2.75, 3.05) is 4.90 Å². The van der Waals surface area contributed by atoms with E-state index in [4.69, 9.17) is 24.7 Å². The summed E-state index contributed by atoms with van der Waals surface area (Å²) in [5.74, 6) is 2.19. The monoisotopic (exact) mass is 900 g/mol. The van der Waals surface area contributed by atoms with Crippen molar-refractivity contribution in [2.24, 2.45) is 0 Å². The lowest BCUT2D eigenvalue weighted by Gasteiger charge is -2.41. The van der Waals surface area contributed by atoms with Gasteiger partial charge in [-0.3, -0.25) is 4.98 Å². The number of fused-ring (bicyclic) bond motifs is 16. The van der Waals surface area contributed by atoms with Gasteiger partial charge in [-0.05, 0) is 83.9 Å². The number of nitrogens with zero attached hydrogens (tertiary/aromatic N) is 6. The third-order valence-corrected chi connectivity index (χ3v) is 15.3. The molecule has 2 aliphatic heterocycles. The first-order valence-corrected chi connectivity index (χ1v) is 23.9. The molecule has 69 heavy (non-hydrogen) atoms. The zero-order valence-electron chi connectivity index (χ0n) is 36.8. The van der Waals surface area contributed by atoms with Crippen LogP contribution < -0.4 is 9.64 Å². The Hall–Kier alpha value is -8.85. The summed E-state index contributed by atoms with van der Waals surface area (Å²) in [6, 6.07) is 75.0. The predicted octanol–water partition coefficient (Wildman–Crippen LogP) is 15.3. The van der Waals surface area contributed by atoms with Crippen molar-refractivity contribution in [3.05, 3.63) is 241 Å². The first-order chi connectivity index (χ1) is 34.2. The SMILES string of the molecule is c1ccc(-c2nc(-c3ccc4c(n3)-c3ncccc3C43c4ccccc4Oc4c3ccc3c4Sc4ccccc4N3c3cccc(-n4c5ccccc5c5ccccc54)c3)nc3ccccc23)cc1. The minimum Gasteiger partial charge on any atom is -0.455 e. The van der Waals surface area contributed by atoms with Crippen LogP contribution in [0.15, 0.2) is 228 Å². The van der Waals surface area contributed by atoms with Crippen molar-refractivity contribution in [3.8, 4) is 51.3 Å². The maximum atomic E-state index is 7.25. The van der Waals surface area contributed by atoms with Crippen LogP contribution in [0.25, 0.3) is 72.6 Å². The van der Waals surface area contributed by atoms with Gasteiger partial charge < -0.3 is 14.2 Å². The summed E-state index contributed by atoms with van der Waals surface area (Å²) in [7, 11) is 0. The minimum absolute atomic E-state index is 0.563. The highest BCUT2D eigenvalue weighted by Gasteiger charge is 2.53. The molecule has 1 spiro atoms. The number of aromatic nitrogens is 5. The third-order valence-electron chi connectivity index (χ3n) is 14.1. The van der Waals surface area contributed by atoms with Crippen LogP contribution in [0.2, 0.25) is 0 Å². The molecule has 8 aromatic carbocycles. The topological polar surface area (TPSA) is 69.0 Å².